The van der Waals surface area contributed by atoms with Crippen LogP contribution in [0.15, 0.2) is 10.7 Å². The Bertz CT molecular complexity index is 357. The second-order valence-electron chi connectivity index (χ2n) is 3.46. The molecule has 0 aliphatic carbocycles. The van der Waals surface area contributed by atoms with E-state index >= 15 is 0 Å². The van der Waals surface area contributed by atoms with Crippen LogP contribution in [-0.2, 0) is 9.47 Å². The summed E-state index contributed by atoms with van der Waals surface area (Å²) in [5.74, 6) is -0.470. The molecule has 16 heavy (non-hydrogen) atoms. The maximum absolute atomic E-state index is 11.3. The van der Waals surface area contributed by atoms with Crippen molar-refractivity contribution in [3.8, 4) is 0 Å². The third-order valence-corrected chi connectivity index (χ3v) is 2.25. The van der Waals surface area contributed by atoms with Crippen LogP contribution in [0.25, 0.3) is 0 Å². The molecule has 6 heteroatoms. The Labute approximate surface area is 92.9 Å². The zero-order chi connectivity index (χ0) is 11.4. The number of nitrogens with one attached hydrogen (secondary N) is 1. The maximum atomic E-state index is 11.3. The molecule has 0 spiro atoms. The van der Waals surface area contributed by atoms with Gasteiger partial charge in [0, 0.05) is 6.61 Å². The average molecular weight is 226 g/mol. The lowest BCUT2D eigenvalue weighted by Gasteiger charge is -2.06. The van der Waals surface area contributed by atoms with Gasteiger partial charge in [-0.3, -0.25) is 0 Å². The number of carbonyl (C=O) groups is 1. The van der Waals surface area contributed by atoms with Crippen molar-refractivity contribution in [2.45, 2.75) is 19.4 Å². The number of esters is 1. The van der Waals surface area contributed by atoms with Gasteiger partial charge >= 0.3 is 5.97 Å². The molecule has 2 rings (SSSR count). The number of oxazole rings is 1. The highest BCUT2D eigenvalue weighted by atomic mass is 16.5. The molecule has 6 nitrogen and oxygen atoms in total. The second kappa shape index (κ2) is 4.98. The highest BCUT2D eigenvalue weighted by Crippen LogP contribution is 2.13. The molecule has 0 radical (unpaired) electrons. The largest absolute Gasteiger partial charge is 0.461 e. The molecule has 1 atom stereocenters. The summed E-state index contributed by atoms with van der Waals surface area (Å²) in [6, 6.07) is 0.534. The first-order chi connectivity index (χ1) is 7.79. The summed E-state index contributed by atoms with van der Waals surface area (Å²) in [7, 11) is 0. The molecular formula is C10H14N2O4. The van der Waals surface area contributed by atoms with Gasteiger partial charge in [0.05, 0.1) is 19.3 Å². The molecule has 88 valence electrons. The molecular weight excluding hydrogens is 212 g/mol. The van der Waals surface area contributed by atoms with Crippen molar-refractivity contribution in [3.63, 3.8) is 0 Å². The molecule has 1 aliphatic heterocycles. The zero-order valence-electron chi connectivity index (χ0n) is 9.06. The van der Waals surface area contributed by atoms with Crippen molar-refractivity contribution in [2.75, 3.05) is 25.1 Å². The minimum absolute atomic E-state index is 0.184. The van der Waals surface area contributed by atoms with E-state index in [0.29, 0.717) is 19.2 Å². The van der Waals surface area contributed by atoms with Crippen molar-refractivity contribution >= 4 is 12.0 Å². The Balaban J connectivity index is 1.93. The van der Waals surface area contributed by atoms with E-state index in [1.54, 1.807) is 6.92 Å². The summed E-state index contributed by atoms with van der Waals surface area (Å²) in [5, 5.41) is 3.05. The molecule has 0 aromatic carbocycles. The Hall–Kier alpha value is -1.56. The number of aromatic nitrogens is 1. The van der Waals surface area contributed by atoms with Gasteiger partial charge in [0.2, 0.25) is 0 Å². The van der Waals surface area contributed by atoms with Crippen LogP contribution in [-0.4, -0.2) is 36.8 Å². The number of rotatable bonds is 4. The lowest BCUT2D eigenvalue weighted by atomic mass is 10.3. The van der Waals surface area contributed by atoms with E-state index in [2.05, 4.69) is 10.3 Å². The Morgan fingerprint density at radius 2 is 2.62 bits per heavy atom. The van der Waals surface area contributed by atoms with Gasteiger partial charge in [-0.05, 0) is 13.3 Å². The number of anilines is 1. The van der Waals surface area contributed by atoms with E-state index in [1.807, 2.05) is 0 Å². The predicted molar refractivity (Wildman–Crippen MR) is 55.3 cm³/mol. The summed E-state index contributed by atoms with van der Waals surface area (Å²) in [4.78, 5) is 15.3. The summed E-state index contributed by atoms with van der Waals surface area (Å²) >= 11 is 0. The third-order valence-electron chi connectivity index (χ3n) is 2.25. The third kappa shape index (κ3) is 2.52. The van der Waals surface area contributed by atoms with Crippen molar-refractivity contribution in [1.82, 2.24) is 4.98 Å². The molecule has 1 aromatic rings. The molecule has 1 unspecified atom stereocenters. The number of hydrogen-bond acceptors (Lipinski definition) is 6. The van der Waals surface area contributed by atoms with Crippen LogP contribution in [0.3, 0.4) is 0 Å². The van der Waals surface area contributed by atoms with E-state index in [4.69, 9.17) is 13.9 Å². The zero-order valence-corrected chi connectivity index (χ0v) is 9.06. The number of ether oxygens (including phenoxy) is 2. The summed E-state index contributed by atoms with van der Waals surface area (Å²) < 4.78 is 15.1. The summed E-state index contributed by atoms with van der Waals surface area (Å²) in [5.41, 5.74) is 0.184. The van der Waals surface area contributed by atoms with Gasteiger partial charge in [-0.15, -0.1) is 0 Å². The van der Waals surface area contributed by atoms with Crippen LogP contribution in [0.2, 0.25) is 0 Å². The molecule has 1 fully saturated rings. The number of carbonyl (C=O) groups excluding carboxylic acids is 1. The fourth-order valence-corrected chi connectivity index (χ4v) is 1.46. The normalized spacial score (nSPS) is 19.7. The summed E-state index contributed by atoms with van der Waals surface area (Å²) in [6.45, 7) is 3.44. The van der Waals surface area contributed by atoms with E-state index in [-0.39, 0.29) is 11.7 Å². The smallest absolute Gasteiger partial charge is 0.360 e. The topological polar surface area (TPSA) is 73.6 Å². The fraction of sp³-hybridized carbons (Fsp3) is 0.600. The van der Waals surface area contributed by atoms with Crippen LogP contribution in [0.4, 0.5) is 6.01 Å². The first-order valence-electron chi connectivity index (χ1n) is 5.26. The summed E-state index contributed by atoms with van der Waals surface area (Å²) in [6.07, 6.45) is 2.20. The quantitative estimate of drug-likeness (QED) is 0.773. The van der Waals surface area contributed by atoms with Gasteiger partial charge < -0.3 is 19.2 Å². The van der Waals surface area contributed by atoms with Gasteiger partial charge in [0.1, 0.15) is 6.26 Å². The van der Waals surface area contributed by atoms with E-state index in [0.717, 1.165) is 13.0 Å². The van der Waals surface area contributed by atoms with Crippen molar-refractivity contribution in [1.29, 1.82) is 0 Å². The van der Waals surface area contributed by atoms with Gasteiger partial charge in [0.25, 0.3) is 6.01 Å². The molecule has 1 N–H and O–H groups in total. The number of hydrogen-bond donors (Lipinski definition) is 1. The Morgan fingerprint density at radius 1 is 1.75 bits per heavy atom. The van der Waals surface area contributed by atoms with E-state index < -0.39 is 5.97 Å². The highest BCUT2D eigenvalue weighted by molar-refractivity contribution is 5.87. The first kappa shape index (κ1) is 10.9. The monoisotopic (exact) mass is 226 g/mol. The van der Waals surface area contributed by atoms with Gasteiger partial charge in [-0.2, -0.15) is 4.98 Å². The minimum atomic E-state index is -0.470. The Morgan fingerprint density at radius 3 is 3.31 bits per heavy atom. The van der Waals surface area contributed by atoms with Gasteiger partial charge in [-0.1, -0.05) is 0 Å². The standard InChI is InChI=1S/C10H14N2O4/c1-2-15-9(13)8-6-16-10(12-8)11-7-3-4-14-5-7/h6-7H,2-5H2,1H3,(H,11,12). The molecule has 1 saturated heterocycles. The minimum Gasteiger partial charge on any atom is -0.461 e. The first-order valence-corrected chi connectivity index (χ1v) is 5.26. The van der Waals surface area contributed by atoms with Gasteiger partial charge in [-0.25, -0.2) is 4.79 Å². The van der Waals surface area contributed by atoms with E-state index in [9.17, 15) is 4.79 Å². The van der Waals surface area contributed by atoms with Crippen molar-refractivity contribution in [2.24, 2.45) is 0 Å². The van der Waals surface area contributed by atoms with E-state index in [1.165, 1.54) is 6.26 Å². The molecule has 1 aliphatic rings. The molecule has 0 saturated carbocycles. The van der Waals surface area contributed by atoms with Crippen LogP contribution < -0.4 is 5.32 Å². The SMILES string of the molecule is CCOC(=O)c1coc(NC2CCOC2)n1. The van der Waals surface area contributed by atoms with Crippen molar-refractivity contribution in [3.05, 3.63) is 12.0 Å². The van der Waals surface area contributed by atoms with Crippen LogP contribution in [0, 0.1) is 0 Å². The van der Waals surface area contributed by atoms with Gasteiger partial charge in [0.15, 0.2) is 5.69 Å². The van der Waals surface area contributed by atoms with Crippen LogP contribution in [0.5, 0.6) is 0 Å². The molecule has 2 heterocycles. The highest BCUT2D eigenvalue weighted by Gasteiger charge is 2.19. The molecule has 0 amide bonds. The lowest BCUT2D eigenvalue weighted by Crippen LogP contribution is -2.19. The maximum Gasteiger partial charge on any atom is 0.360 e. The molecule has 0 bridgehead atoms. The van der Waals surface area contributed by atoms with Crippen LogP contribution >= 0.6 is 0 Å². The Kier molecular flexibility index (Phi) is 3.40. The average Bonchev–Trinajstić information content (AvgIpc) is 2.90. The van der Waals surface area contributed by atoms with Crippen LogP contribution in [0.1, 0.15) is 23.8 Å². The predicted octanol–water partition coefficient (Wildman–Crippen LogP) is 1.05. The molecule has 1 aromatic heterocycles. The van der Waals surface area contributed by atoms with Crippen molar-refractivity contribution < 1.29 is 18.7 Å². The fourth-order valence-electron chi connectivity index (χ4n) is 1.46. The number of nitrogens with zero attached hydrogens (tertiary/aromatic N) is 1. The lowest BCUT2D eigenvalue weighted by molar-refractivity contribution is 0.0519. The second-order valence-corrected chi connectivity index (χ2v) is 3.46.